The average Bonchev–Trinajstić information content (AvgIpc) is 3.38. The highest BCUT2D eigenvalue weighted by Crippen LogP contribution is 2.26. The molecule has 0 spiro atoms. The fraction of sp³-hybridized carbons (Fsp3) is 0.472. The molecule has 0 unspecified atom stereocenters. The number of nitrogens with zero attached hydrogens (tertiary/aromatic N) is 3. The lowest BCUT2D eigenvalue weighted by Gasteiger charge is -2.21. The molecule has 0 fully saturated rings. The van der Waals surface area contributed by atoms with E-state index in [9.17, 15) is 4.79 Å². The van der Waals surface area contributed by atoms with Gasteiger partial charge in [-0.15, -0.1) is 0 Å². The topological polar surface area (TPSA) is 162 Å². The van der Waals surface area contributed by atoms with Crippen molar-refractivity contribution in [3.8, 4) is 11.4 Å². The lowest BCUT2D eigenvalue weighted by molar-refractivity contribution is 0.273. The number of hydrogen-bond donors (Lipinski definition) is 5. The minimum absolute atomic E-state index is 0.0352. The van der Waals surface area contributed by atoms with Gasteiger partial charge in [0, 0.05) is 41.3 Å². The Morgan fingerprint density at radius 2 is 1.67 bits per heavy atom. The molecule has 46 heavy (non-hydrogen) atoms. The molecule has 0 bridgehead atoms. The van der Waals surface area contributed by atoms with Crippen LogP contribution in [0.25, 0.3) is 16.7 Å². The Morgan fingerprint density at radius 3 is 2.28 bits per heavy atom. The predicted octanol–water partition coefficient (Wildman–Crippen LogP) is 5.25. The van der Waals surface area contributed by atoms with Crippen LogP contribution >= 0.6 is 0 Å². The number of aromatic amines is 1. The van der Waals surface area contributed by atoms with Crippen LogP contribution in [0, 0.1) is 0 Å². The Morgan fingerprint density at radius 1 is 0.978 bits per heavy atom. The number of H-pyrrole nitrogens is 1. The number of aromatic nitrogens is 3. The van der Waals surface area contributed by atoms with E-state index in [1.807, 2.05) is 56.4 Å². The second-order valence-electron chi connectivity index (χ2n) is 14.5. The molecule has 250 valence electrons. The van der Waals surface area contributed by atoms with Crippen molar-refractivity contribution in [1.29, 1.82) is 0 Å². The van der Waals surface area contributed by atoms with Gasteiger partial charge in [0.15, 0.2) is 5.96 Å². The molecule has 2 aromatic heterocycles. The summed E-state index contributed by atoms with van der Waals surface area (Å²) in [5, 5.41) is 4.27. The maximum absolute atomic E-state index is 12.5. The molecule has 8 N–H and O–H groups in total. The summed E-state index contributed by atoms with van der Waals surface area (Å²) in [5.74, 6) is 1.06. The molecule has 0 aliphatic heterocycles. The minimum Gasteiger partial charge on any atom is -0.494 e. The largest absolute Gasteiger partial charge is 0.494 e. The van der Waals surface area contributed by atoms with Crippen molar-refractivity contribution in [3.05, 3.63) is 88.1 Å². The van der Waals surface area contributed by atoms with E-state index in [0.717, 1.165) is 54.0 Å². The van der Waals surface area contributed by atoms with Crippen molar-refractivity contribution in [2.75, 3.05) is 19.7 Å². The normalized spacial score (nSPS) is 12.0. The fourth-order valence-corrected chi connectivity index (χ4v) is 4.49. The first-order valence-electron chi connectivity index (χ1n) is 15.9. The van der Waals surface area contributed by atoms with Gasteiger partial charge in [0.2, 0.25) is 0 Å². The van der Waals surface area contributed by atoms with E-state index in [4.69, 9.17) is 21.9 Å². The third kappa shape index (κ3) is 11.7. The molecule has 4 aromatic rings. The zero-order valence-electron chi connectivity index (χ0n) is 28.9. The van der Waals surface area contributed by atoms with Crippen molar-refractivity contribution in [3.63, 3.8) is 0 Å². The average molecular weight is 631 g/mol. The van der Waals surface area contributed by atoms with Gasteiger partial charge in [-0.1, -0.05) is 65.8 Å². The number of guanidine groups is 1. The monoisotopic (exact) mass is 630 g/mol. The van der Waals surface area contributed by atoms with E-state index in [1.54, 1.807) is 4.57 Å². The van der Waals surface area contributed by atoms with Crippen LogP contribution in [-0.2, 0) is 17.4 Å². The molecule has 4 rings (SSSR count). The van der Waals surface area contributed by atoms with Crippen LogP contribution in [0.4, 0.5) is 0 Å². The van der Waals surface area contributed by atoms with Gasteiger partial charge >= 0.3 is 5.69 Å². The number of benzene rings is 2. The molecule has 2 heterocycles. The summed E-state index contributed by atoms with van der Waals surface area (Å²) < 4.78 is 7.32. The number of rotatable bonds is 11. The number of fused-ring (bicyclic) bond motifs is 1. The summed E-state index contributed by atoms with van der Waals surface area (Å²) in [6.07, 6.45) is 3.56. The lowest BCUT2D eigenvalue weighted by Crippen LogP contribution is -2.33. The van der Waals surface area contributed by atoms with E-state index in [2.05, 4.69) is 80.0 Å². The first kappa shape index (κ1) is 36.3. The predicted molar refractivity (Wildman–Crippen MR) is 191 cm³/mol. The molecule has 2 aromatic carbocycles. The minimum atomic E-state index is -0.301. The third-order valence-electron chi connectivity index (χ3n) is 7.38. The maximum atomic E-state index is 12.5. The van der Waals surface area contributed by atoms with Gasteiger partial charge in [0.05, 0.1) is 12.3 Å². The van der Waals surface area contributed by atoms with Crippen molar-refractivity contribution in [2.45, 2.75) is 91.1 Å². The summed E-state index contributed by atoms with van der Waals surface area (Å²) in [4.78, 5) is 23.9. The van der Waals surface area contributed by atoms with E-state index in [-0.39, 0.29) is 28.0 Å². The van der Waals surface area contributed by atoms with Gasteiger partial charge in [-0.05, 0) is 80.1 Å². The zero-order valence-corrected chi connectivity index (χ0v) is 28.9. The molecule has 0 amide bonds. The van der Waals surface area contributed by atoms with Gasteiger partial charge in [-0.2, -0.15) is 4.98 Å². The van der Waals surface area contributed by atoms with Crippen molar-refractivity contribution >= 4 is 17.0 Å². The number of nitrogens with two attached hydrogens (primary N) is 3. The fourth-order valence-electron chi connectivity index (χ4n) is 4.49. The molecular formula is C36H54N8O2. The first-order chi connectivity index (χ1) is 21.4. The van der Waals surface area contributed by atoms with Gasteiger partial charge in [-0.3, -0.25) is 9.56 Å². The standard InChI is InChI=1S/C21H29N7O.C15H25NO/c1-21(2,3)17-11-15-13-28(20(29)27-18(15)26-17)16-7-5-14(6-8-16)12-24-9-4-10-25-19(22)23;1-14(2,3)12-7-6-8-13(11-12)17-10-9-15(4,5)16/h5-8,11,13,24H,4,9-10,12H2,1-3H3,(H4,22,23,25)(H,26,27,29);6-8,11H,9-10,16H2,1-5H3. The Kier molecular flexibility index (Phi) is 12.2. The van der Waals surface area contributed by atoms with Crippen LogP contribution in [0.1, 0.15) is 85.1 Å². The van der Waals surface area contributed by atoms with E-state index < -0.39 is 0 Å². The number of hydrogen-bond acceptors (Lipinski definition) is 6. The zero-order chi connectivity index (χ0) is 34.1. The van der Waals surface area contributed by atoms with Gasteiger partial charge in [0.25, 0.3) is 0 Å². The molecule has 0 aliphatic rings. The van der Waals surface area contributed by atoms with Crippen LogP contribution in [0.15, 0.2) is 70.6 Å². The second-order valence-corrected chi connectivity index (χ2v) is 14.5. The highest BCUT2D eigenvalue weighted by atomic mass is 16.5. The van der Waals surface area contributed by atoms with Crippen molar-refractivity contribution in [1.82, 2.24) is 19.9 Å². The molecule has 10 heteroatoms. The van der Waals surface area contributed by atoms with Crippen molar-refractivity contribution < 1.29 is 4.74 Å². The third-order valence-corrected chi connectivity index (χ3v) is 7.38. The van der Waals surface area contributed by atoms with E-state index >= 15 is 0 Å². The highest BCUT2D eigenvalue weighted by Gasteiger charge is 2.18. The maximum Gasteiger partial charge on any atom is 0.354 e. The first-order valence-corrected chi connectivity index (χ1v) is 15.9. The van der Waals surface area contributed by atoms with Gasteiger partial charge in [0.1, 0.15) is 11.4 Å². The van der Waals surface area contributed by atoms with Crippen LogP contribution in [-0.4, -0.2) is 45.7 Å². The van der Waals surface area contributed by atoms with Crippen LogP contribution in [0.3, 0.4) is 0 Å². The molecule has 0 radical (unpaired) electrons. The summed E-state index contributed by atoms with van der Waals surface area (Å²) in [5.41, 5.74) is 21.1. The van der Waals surface area contributed by atoms with Crippen LogP contribution in [0.2, 0.25) is 0 Å². The highest BCUT2D eigenvalue weighted by molar-refractivity contribution is 5.76. The van der Waals surface area contributed by atoms with E-state index in [0.29, 0.717) is 18.8 Å². The van der Waals surface area contributed by atoms with Gasteiger partial charge < -0.3 is 32.2 Å². The number of ether oxygens (including phenoxy) is 1. The lowest BCUT2D eigenvalue weighted by atomic mass is 9.87. The summed E-state index contributed by atoms with van der Waals surface area (Å²) in [6, 6.07) is 18.2. The molecule has 0 saturated heterocycles. The van der Waals surface area contributed by atoms with Crippen LogP contribution in [0.5, 0.6) is 5.75 Å². The molecule has 10 nitrogen and oxygen atoms in total. The second kappa shape index (κ2) is 15.4. The summed E-state index contributed by atoms with van der Waals surface area (Å²) in [6.45, 7) is 19.8. The Bertz CT molecular complexity index is 1630. The van der Waals surface area contributed by atoms with Crippen molar-refractivity contribution in [2.24, 2.45) is 22.2 Å². The summed E-state index contributed by atoms with van der Waals surface area (Å²) in [7, 11) is 0. The molecular weight excluding hydrogens is 576 g/mol. The van der Waals surface area contributed by atoms with Crippen LogP contribution < -0.4 is 32.9 Å². The SMILES string of the molecule is CC(C)(C)c1cc2cn(-c3ccc(CNCCCN=C(N)N)cc3)c(=O)nc2[nH]1.CC(C)(N)CCOc1cccc(C(C)(C)C)c1. The Hall–Kier alpha value is -4.15. The quantitative estimate of drug-likeness (QED) is 0.0858. The number of aliphatic imine (C=N–C) groups is 1. The molecule has 0 aliphatic carbocycles. The smallest absolute Gasteiger partial charge is 0.354 e. The van der Waals surface area contributed by atoms with Gasteiger partial charge in [-0.25, -0.2) is 4.79 Å². The van der Waals surface area contributed by atoms with E-state index in [1.165, 1.54) is 5.56 Å². The Balaban J connectivity index is 0.000000289. The number of nitrogens with one attached hydrogen (secondary N) is 2. The Labute approximate surface area is 273 Å². The molecule has 0 saturated carbocycles. The summed E-state index contributed by atoms with van der Waals surface area (Å²) >= 11 is 0. The molecule has 0 atom stereocenters.